The van der Waals surface area contributed by atoms with E-state index in [-0.39, 0.29) is 32.0 Å². The topological polar surface area (TPSA) is 108 Å². The number of rotatable bonds is 43. The molecule has 0 aliphatic rings. The van der Waals surface area contributed by atoms with Crippen LogP contribution < -0.4 is 0 Å². The largest absolute Gasteiger partial charge is 0.472 e. The van der Waals surface area contributed by atoms with Gasteiger partial charge in [0.2, 0.25) is 0 Å². The van der Waals surface area contributed by atoms with Crippen LogP contribution in [0.25, 0.3) is 0 Å². The van der Waals surface area contributed by atoms with Gasteiger partial charge in [-0.15, -0.1) is 0 Å². The number of quaternary nitrogens is 1. The van der Waals surface area contributed by atoms with Crippen LogP contribution in [0, 0.1) is 0 Å². The maximum atomic E-state index is 12.7. The third-order valence-electron chi connectivity index (χ3n) is 10.2. The Balaban J connectivity index is 4.01. The van der Waals surface area contributed by atoms with Gasteiger partial charge in [-0.25, -0.2) is 4.57 Å². The SMILES string of the molecule is CCCCCCC/C=C\C/C=C\CCCCCCCCCCCCCCCCCC(=O)OC(COC(=O)CCCCCCCC)COP(=O)(O)OCC[N+](C)(C)C. The number of nitrogens with zero attached hydrogens (tertiary/aromatic N) is 1. The molecule has 57 heavy (non-hydrogen) atoms. The second-order valence-corrected chi connectivity index (χ2v) is 18.6. The minimum atomic E-state index is -4.36. The Morgan fingerprint density at radius 2 is 0.947 bits per heavy atom. The van der Waals surface area contributed by atoms with Gasteiger partial charge in [0.05, 0.1) is 27.7 Å². The van der Waals surface area contributed by atoms with Gasteiger partial charge in [0.15, 0.2) is 6.10 Å². The summed E-state index contributed by atoms with van der Waals surface area (Å²) in [5, 5.41) is 0. The van der Waals surface area contributed by atoms with Crippen molar-refractivity contribution in [1.29, 1.82) is 0 Å². The van der Waals surface area contributed by atoms with Crippen LogP contribution >= 0.6 is 7.82 Å². The molecule has 0 spiro atoms. The lowest BCUT2D eigenvalue weighted by Crippen LogP contribution is -2.37. The summed E-state index contributed by atoms with van der Waals surface area (Å²) in [5.74, 6) is -0.802. The van der Waals surface area contributed by atoms with E-state index in [0.29, 0.717) is 17.4 Å². The van der Waals surface area contributed by atoms with Crippen LogP contribution in [0.15, 0.2) is 24.3 Å². The first-order chi connectivity index (χ1) is 27.5. The molecule has 0 amide bonds. The second kappa shape index (κ2) is 39.9. The molecule has 336 valence electrons. The first kappa shape index (κ1) is 55.5. The fraction of sp³-hybridized carbons (Fsp3) is 0.872. The standard InChI is InChI=1S/C47H90NO8P/c1-6-8-10-12-14-15-16-17-18-19-20-21-22-23-24-25-26-27-28-29-30-31-32-33-34-36-38-40-47(50)56-45(43-53-46(49)39-37-35-13-11-9-7-2)44-55-57(51,52)54-42-41-48(3,4)5/h16-17,19-20,45H,6-15,18,21-44H2,1-5H3/p+1/b17-16-,20-19-. The first-order valence-corrected chi connectivity index (χ1v) is 25.1. The van der Waals surface area contributed by atoms with Gasteiger partial charge < -0.3 is 18.9 Å². The minimum absolute atomic E-state index is 0.0337. The number of esters is 2. The zero-order valence-corrected chi connectivity index (χ0v) is 38.7. The fourth-order valence-corrected chi connectivity index (χ4v) is 7.26. The first-order valence-electron chi connectivity index (χ1n) is 23.6. The zero-order chi connectivity index (χ0) is 42.1. The molecule has 0 rings (SSSR count). The highest BCUT2D eigenvalue weighted by molar-refractivity contribution is 7.47. The number of hydrogen-bond acceptors (Lipinski definition) is 7. The van der Waals surface area contributed by atoms with Crippen molar-refractivity contribution in [3.63, 3.8) is 0 Å². The summed E-state index contributed by atoms with van der Waals surface area (Å²) in [6, 6.07) is 0. The van der Waals surface area contributed by atoms with E-state index >= 15 is 0 Å². The predicted molar refractivity (Wildman–Crippen MR) is 238 cm³/mol. The molecule has 0 saturated heterocycles. The van der Waals surface area contributed by atoms with Crippen molar-refractivity contribution < 1.29 is 42.1 Å². The van der Waals surface area contributed by atoms with E-state index < -0.39 is 26.5 Å². The summed E-state index contributed by atoms with van der Waals surface area (Å²) in [6.07, 6.45) is 44.2. The summed E-state index contributed by atoms with van der Waals surface area (Å²) >= 11 is 0. The molecule has 10 heteroatoms. The number of unbranched alkanes of at least 4 members (excludes halogenated alkanes) is 25. The quantitative estimate of drug-likeness (QED) is 0.0213. The lowest BCUT2D eigenvalue weighted by atomic mass is 10.0. The normalized spacial score (nSPS) is 13.7. The van der Waals surface area contributed by atoms with E-state index in [9.17, 15) is 19.0 Å². The number of ether oxygens (including phenoxy) is 2. The summed E-state index contributed by atoms with van der Waals surface area (Å²) < 4.78 is 34.2. The molecule has 0 heterocycles. The Hall–Kier alpha value is -1.51. The predicted octanol–water partition coefficient (Wildman–Crippen LogP) is 13.5. The number of hydrogen-bond donors (Lipinski definition) is 1. The Bertz CT molecular complexity index is 1030. The van der Waals surface area contributed by atoms with Crippen LogP contribution in [0.4, 0.5) is 0 Å². The Morgan fingerprint density at radius 3 is 1.39 bits per heavy atom. The molecule has 0 aliphatic heterocycles. The molecule has 9 nitrogen and oxygen atoms in total. The van der Waals surface area contributed by atoms with Crippen molar-refractivity contribution in [1.82, 2.24) is 0 Å². The van der Waals surface area contributed by atoms with Crippen LogP contribution in [-0.4, -0.2) is 74.9 Å². The molecule has 0 saturated carbocycles. The highest BCUT2D eigenvalue weighted by Gasteiger charge is 2.27. The average Bonchev–Trinajstić information content (AvgIpc) is 3.16. The van der Waals surface area contributed by atoms with Crippen LogP contribution in [0.2, 0.25) is 0 Å². The fourth-order valence-electron chi connectivity index (χ4n) is 6.52. The minimum Gasteiger partial charge on any atom is -0.462 e. The van der Waals surface area contributed by atoms with Crippen molar-refractivity contribution in [3.8, 4) is 0 Å². The third-order valence-corrected chi connectivity index (χ3v) is 11.2. The Labute approximate surface area is 351 Å². The molecule has 0 aromatic heterocycles. The van der Waals surface area contributed by atoms with Crippen molar-refractivity contribution >= 4 is 19.8 Å². The maximum Gasteiger partial charge on any atom is 0.472 e. The lowest BCUT2D eigenvalue weighted by molar-refractivity contribution is -0.870. The van der Waals surface area contributed by atoms with Gasteiger partial charge in [-0.3, -0.25) is 18.6 Å². The van der Waals surface area contributed by atoms with Gasteiger partial charge in [0.1, 0.15) is 19.8 Å². The van der Waals surface area contributed by atoms with Crippen molar-refractivity contribution in [2.45, 2.75) is 219 Å². The Kier molecular flexibility index (Phi) is 38.9. The summed E-state index contributed by atoms with van der Waals surface area (Å²) in [5.41, 5.74) is 0. The molecule has 0 fully saturated rings. The Morgan fingerprint density at radius 1 is 0.544 bits per heavy atom. The van der Waals surface area contributed by atoms with E-state index in [1.807, 2.05) is 21.1 Å². The number of carbonyl (C=O) groups is 2. The van der Waals surface area contributed by atoms with Crippen LogP contribution in [-0.2, 0) is 32.7 Å². The molecule has 2 atom stereocenters. The average molecular weight is 829 g/mol. The van der Waals surface area contributed by atoms with E-state index in [4.69, 9.17) is 18.5 Å². The highest BCUT2D eigenvalue weighted by Crippen LogP contribution is 2.43. The summed E-state index contributed by atoms with van der Waals surface area (Å²) in [6.45, 7) is 4.36. The van der Waals surface area contributed by atoms with Crippen LogP contribution in [0.3, 0.4) is 0 Å². The summed E-state index contributed by atoms with van der Waals surface area (Å²) in [7, 11) is 1.48. The molecule has 1 N–H and O–H groups in total. The van der Waals surface area contributed by atoms with Crippen LogP contribution in [0.5, 0.6) is 0 Å². The van der Waals surface area contributed by atoms with Crippen molar-refractivity contribution in [3.05, 3.63) is 24.3 Å². The monoisotopic (exact) mass is 829 g/mol. The number of likely N-dealkylation sites (N-methyl/N-ethyl adjacent to an activating group) is 1. The van der Waals surface area contributed by atoms with Crippen molar-refractivity contribution in [2.75, 3.05) is 47.5 Å². The molecular formula is C47H91NO8P+. The van der Waals surface area contributed by atoms with Gasteiger partial charge in [-0.1, -0.05) is 179 Å². The van der Waals surface area contributed by atoms with E-state index in [1.54, 1.807) is 0 Å². The van der Waals surface area contributed by atoms with Gasteiger partial charge >= 0.3 is 19.8 Å². The van der Waals surface area contributed by atoms with E-state index in [2.05, 4.69) is 38.2 Å². The van der Waals surface area contributed by atoms with Gasteiger partial charge in [0.25, 0.3) is 0 Å². The van der Waals surface area contributed by atoms with Crippen LogP contribution in [0.1, 0.15) is 213 Å². The zero-order valence-electron chi connectivity index (χ0n) is 37.8. The van der Waals surface area contributed by atoms with Gasteiger partial charge in [-0.05, 0) is 44.9 Å². The number of phosphoric acid groups is 1. The number of allylic oxidation sites excluding steroid dienone is 4. The summed E-state index contributed by atoms with van der Waals surface area (Å²) in [4.78, 5) is 35.1. The molecule has 0 aliphatic carbocycles. The molecule has 0 aromatic rings. The maximum absolute atomic E-state index is 12.7. The van der Waals surface area contributed by atoms with Crippen molar-refractivity contribution in [2.24, 2.45) is 0 Å². The third kappa shape index (κ3) is 43.9. The van der Waals surface area contributed by atoms with Gasteiger partial charge in [0, 0.05) is 12.8 Å². The highest BCUT2D eigenvalue weighted by atomic mass is 31.2. The molecule has 2 unspecified atom stereocenters. The number of carbonyl (C=O) groups excluding carboxylic acids is 2. The molecule has 0 radical (unpaired) electrons. The lowest BCUT2D eigenvalue weighted by Gasteiger charge is -2.24. The number of phosphoric ester groups is 1. The van der Waals surface area contributed by atoms with E-state index in [1.165, 1.54) is 135 Å². The molecule has 0 bridgehead atoms. The second-order valence-electron chi connectivity index (χ2n) is 17.1. The molecule has 0 aromatic carbocycles. The smallest absolute Gasteiger partial charge is 0.462 e. The molecular weight excluding hydrogens is 737 g/mol. The van der Waals surface area contributed by atoms with E-state index in [0.717, 1.165) is 44.9 Å². The van der Waals surface area contributed by atoms with Gasteiger partial charge in [-0.2, -0.15) is 0 Å².